The molecule has 0 saturated heterocycles. The van der Waals surface area contributed by atoms with Gasteiger partial charge in [0.15, 0.2) is 11.5 Å². The van der Waals surface area contributed by atoms with Crippen LogP contribution in [-0.4, -0.2) is 19.2 Å². The van der Waals surface area contributed by atoms with Crippen molar-refractivity contribution in [3.63, 3.8) is 0 Å². The first-order valence-corrected chi connectivity index (χ1v) is 6.37. The Balaban J connectivity index is 1.82. The molecule has 0 aliphatic carbocycles. The van der Waals surface area contributed by atoms with Crippen LogP contribution < -0.4 is 14.8 Å². The van der Waals surface area contributed by atoms with Crippen molar-refractivity contribution in [2.45, 2.75) is 26.7 Å². The summed E-state index contributed by atoms with van der Waals surface area (Å²) in [6.45, 7) is 4.91. The number of amides is 1. The van der Waals surface area contributed by atoms with E-state index in [2.05, 4.69) is 5.32 Å². The monoisotopic (exact) mass is 249 g/mol. The number of fused-ring (bicyclic) bond motifs is 1. The first-order valence-electron chi connectivity index (χ1n) is 6.37. The molecule has 2 rings (SSSR count). The highest BCUT2D eigenvalue weighted by molar-refractivity contribution is 5.78. The van der Waals surface area contributed by atoms with Crippen LogP contribution in [-0.2, 0) is 11.2 Å². The largest absolute Gasteiger partial charge is 0.454 e. The third kappa shape index (κ3) is 2.94. The lowest BCUT2D eigenvalue weighted by Gasteiger charge is -2.10. The van der Waals surface area contributed by atoms with Crippen LogP contribution in [0.3, 0.4) is 0 Å². The number of hydrogen-bond acceptors (Lipinski definition) is 3. The third-order valence-corrected chi connectivity index (χ3v) is 3.21. The molecule has 1 N–H and O–H groups in total. The first-order chi connectivity index (χ1) is 8.70. The average Bonchev–Trinajstić information content (AvgIpc) is 2.85. The van der Waals surface area contributed by atoms with Gasteiger partial charge in [-0.15, -0.1) is 0 Å². The van der Waals surface area contributed by atoms with E-state index in [1.54, 1.807) is 0 Å². The van der Waals surface area contributed by atoms with Crippen molar-refractivity contribution in [2.75, 3.05) is 13.3 Å². The second-order valence-corrected chi connectivity index (χ2v) is 4.54. The van der Waals surface area contributed by atoms with Gasteiger partial charge >= 0.3 is 0 Å². The van der Waals surface area contributed by atoms with Crippen LogP contribution in [0.4, 0.5) is 0 Å². The van der Waals surface area contributed by atoms with Crippen LogP contribution >= 0.6 is 0 Å². The van der Waals surface area contributed by atoms with Crippen molar-refractivity contribution in [3.05, 3.63) is 23.8 Å². The maximum absolute atomic E-state index is 11.6. The van der Waals surface area contributed by atoms with E-state index < -0.39 is 0 Å². The molecule has 1 unspecified atom stereocenters. The zero-order valence-corrected chi connectivity index (χ0v) is 10.9. The molecule has 0 bridgehead atoms. The molecule has 1 amide bonds. The second-order valence-electron chi connectivity index (χ2n) is 4.54. The molecular formula is C14H19NO3. The summed E-state index contributed by atoms with van der Waals surface area (Å²) < 4.78 is 10.6. The molecule has 1 aliphatic rings. The zero-order chi connectivity index (χ0) is 13.0. The molecule has 1 heterocycles. The Hall–Kier alpha value is -1.71. The van der Waals surface area contributed by atoms with Crippen LogP contribution in [0.5, 0.6) is 11.5 Å². The SMILES string of the molecule is CCC(C)C(=O)NCCc1ccc2c(c1)OCO2. The lowest BCUT2D eigenvalue weighted by Crippen LogP contribution is -2.30. The lowest BCUT2D eigenvalue weighted by molar-refractivity contribution is -0.124. The van der Waals surface area contributed by atoms with E-state index in [0.29, 0.717) is 13.3 Å². The van der Waals surface area contributed by atoms with E-state index in [4.69, 9.17) is 9.47 Å². The summed E-state index contributed by atoms with van der Waals surface area (Å²) in [5.41, 5.74) is 1.14. The van der Waals surface area contributed by atoms with Gasteiger partial charge in [0, 0.05) is 12.5 Å². The number of carbonyl (C=O) groups is 1. The Kier molecular flexibility index (Phi) is 4.07. The molecule has 1 atom stereocenters. The quantitative estimate of drug-likeness (QED) is 0.869. The third-order valence-electron chi connectivity index (χ3n) is 3.21. The van der Waals surface area contributed by atoms with E-state index in [9.17, 15) is 4.79 Å². The van der Waals surface area contributed by atoms with Gasteiger partial charge < -0.3 is 14.8 Å². The van der Waals surface area contributed by atoms with Crippen LogP contribution in [0.2, 0.25) is 0 Å². The molecule has 1 aliphatic heterocycles. The van der Waals surface area contributed by atoms with Crippen molar-refractivity contribution in [1.29, 1.82) is 0 Å². The topological polar surface area (TPSA) is 47.6 Å². The standard InChI is InChI=1S/C14H19NO3/c1-3-10(2)14(16)15-7-6-11-4-5-12-13(8-11)18-9-17-12/h4-5,8,10H,3,6-7,9H2,1-2H3,(H,15,16). The molecule has 0 saturated carbocycles. The lowest BCUT2D eigenvalue weighted by atomic mass is 10.1. The molecule has 4 nitrogen and oxygen atoms in total. The number of nitrogens with one attached hydrogen (secondary N) is 1. The van der Waals surface area contributed by atoms with Crippen LogP contribution in [0.25, 0.3) is 0 Å². The van der Waals surface area contributed by atoms with Gasteiger partial charge in [-0.25, -0.2) is 0 Å². The van der Waals surface area contributed by atoms with Gasteiger partial charge in [0.2, 0.25) is 12.7 Å². The van der Waals surface area contributed by atoms with E-state index in [-0.39, 0.29) is 11.8 Å². The van der Waals surface area contributed by atoms with Crippen molar-refractivity contribution in [1.82, 2.24) is 5.32 Å². The van der Waals surface area contributed by atoms with Gasteiger partial charge in [-0.05, 0) is 30.5 Å². The second kappa shape index (κ2) is 5.76. The van der Waals surface area contributed by atoms with E-state index in [1.165, 1.54) is 0 Å². The number of ether oxygens (including phenoxy) is 2. The Morgan fingerprint density at radius 3 is 2.94 bits per heavy atom. The van der Waals surface area contributed by atoms with Gasteiger partial charge in [0.1, 0.15) is 0 Å². The summed E-state index contributed by atoms with van der Waals surface area (Å²) in [7, 11) is 0. The highest BCUT2D eigenvalue weighted by Crippen LogP contribution is 2.32. The highest BCUT2D eigenvalue weighted by Gasteiger charge is 2.13. The molecule has 0 fully saturated rings. The summed E-state index contributed by atoms with van der Waals surface area (Å²) in [5, 5.41) is 2.94. The van der Waals surface area contributed by atoms with Crippen molar-refractivity contribution in [3.8, 4) is 11.5 Å². The minimum absolute atomic E-state index is 0.0850. The van der Waals surface area contributed by atoms with Gasteiger partial charge in [0.05, 0.1) is 0 Å². The smallest absolute Gasteiger partial charge is 0.231 e. The van der Waals surface area contributed by atoms with Crippen molar-refractivity contribution < 1.29 is 14.3 Å². The molecular weight excluding hydrogens is 230 g/mol. The zero-order valence-electron chi connectivity index (χ0n) is 10.9. The summed E-state index contributed by atoms with van der Waals surface area (Å²) >= 11 is 0. The van der Waals surface area contributed by atoms with E-state index in [0.717, 1.165) is 29.9 Å². The van der Waals surface area contributed by atoms with Gasteiger partial charge in [-0.1, -0.05) is 19.9 Å². The van der Waals surface area contributed by atoms with Gasteiger partial charge in [-0.2, -0.15) is 0 Å². The van der Waals surface area contributed by atoms with Crippen LogP contribution in [0.1, 0.15) is 25.8 Å². The molecule has 0 spiro atoms. The van der Waals surface area contributed by atoms with Gasteiger partial charge in [0.25, 0.3) is 0 Å². The predicted octanol–water partition coefficient (Wildman–Crippen LogP) is 2.12. The minimum atomic E-state index is 0.0850. The summed E-state index contributed by atoms with van der Waals surface area (Å²) in [5.74, 6) is 1.79. The maximum Gasteiger partial charge on any atom is 0.231 e. The fourth-order valence-corrected chi connectivity index (χ4v) is 1.79. The average molecular weight is 249 g/mol. The van der Waals surface area contributed by atoms with Crippen molar-refractivity contribution in [2.24, 2.45) is 5.92 Å². The Morgan fingerprint density at radius 2 is 2.17 bits per heavy atom. The Labute approximate surface area is 107 Å². The summed E-state index contributed by atoms with van der Waals surface area (Å²) in [4.78, 5) is 11.6. The van der Waals surface area contributed by atoms with E-state index >= 15 is 0 Å². The molecule has 4 heteroatoms. The normalized spacial score (nSPS) is 14.3. The van der Waals surface area contributed by atoms with Gasteiger partial charge in [-0.3, -0.25) is 4.79 Å². The Bertz CT molecular complexity index is 431. The number of hydrogen-bond donors (Lipinski definition) is 1. The van der Waals surface area contributed by atoms with Crippen molar-refractivity contribution >= 4 is 5.91 Å². The minimum Gasteiger partial charge on any atom is -0.454 e. The molecule has 98 valence electrons. The summed E-state index contributed by atoms with van der Waals surface area (Å²) in [6, 6.07) is 5.88. The summed E-state index contributed by atoms with van der Waals surface area (Å²) in [6.07, 6.45) is 1.68. The molecule has 1 aromatic rings. The molecule has 0 radical (unpaired) electrons. The van der Waals surface area contributed by atoms with Crippen LogP contribution in [0.15, 0.2) is 18.2 Å². The van der Waals surface area contributed by atoms with Crippen LogP contribution in [0, 0.1) is 5.92 Å². The van der Waals surface area contributed by atoms with E-state index in [1.807, 2.05) is 32.0 Å². The fourth-order valence-electron chi connectivity index (χ4n) is 1.79. The molecule has 1 aromatic carbocycles. The number of carbonyl (C=O) groups excluding carboxylic acids is 1. The Morgan fingerprint density at radius 1 is 1.39 bits per heavy atom. The molecule has 0 aromatic heterocycles. The number of rotatable bonds is 5. The fraction of sp³-hybridized carbons (Fsp3) is 0.500. The highest BCUT2D eigenvalue weighted by atomic mass is 16.7. The molecule has 18 heavy (non-hydrogen) atoms. The predicted molar refractivity (Wildman–Crippen MR) is 68.7 cm³/mol. The first kappa shape index (κ1) is 12.7. The maximum atomic E-state index is 11.6. The number of benzene rings is 1.